The topological polar surface area (TPSA) is 80.0 Å². The molecule has 0 spiro atoms. The highest BCUT2D eigenvalue weighted by Gasteiger charge is 2.45. The normalized spacial score (nSPS) is 16.2. The van der Waals surface area contributed by atoms with Gasteiger partial charge in [0.05, 0.1) is 17.4 Å². The molecule has 1 aliphatic carbocycles. The van der Waals surface area contributed by atoms with Crippen LogP contribution in [0.5, 0.6) is 0 Å². The average molecular weight is 374 g/mol. The van der Waals surface area contributed by atoms with Crippen LogP contribution >= 0.6 is 11.6 Å². The smallest absolute Gasteiger partial charge is 0.372 e. The van der Waals surface area contributed by atoms with Crippen molar-refractivity contribution in [1.29, 1.82) is 0 Å². The number of halogens is 4. The summed E-state index contributed by atoms with van der Waals surface area (Å²) in [5.74, 6) is -0.349. The molecule has 0 unspecified atom stereocenters. The van der Waals surface area contributed by atoms with E-state index in [2.05, 4.69) is 30.7 Å². The minimum absolute atomic E-state index is 0.0206. The average Bonchev–Trinajstić information content (AvgIpc) is 3.24. The van der Waals surface area contributed by atoms with E-state index in [0.717, 1.165) is 12.8 Å². The molecule has 0 aliphatic heterocycles. The first-order chi connectivity index (χ1) is 11.8. The maximum atomic E-state index is 12.9. The SMILES string of the molecule is C/N=C\C1(n2ncc(Nc3ncc(C(F)(F)F)c(NC)n3)c2Cl)CC1. The number of aliphatic imine (C=N–C) groups is 1. The lowest BCUT2D eigenvalue weighted by Crippen LogP contribution is -2.20. The summed E-state index contributed by atoms with van der Waals surface area (Å²) in [6, 6.07) is 0. The highest BCUT2D eigenvalue weighted by molar-refractivity contribution is 6.32. The van der Waals surface area contributed by atoms with Crippen molar-refractivity contribution in [3.63, 3.8) is 0 Å². The van der Waals surface area contributed by atoms with Crippen LogP contribution in [-0.4, -0.2) is 40.1 Å². The molecule has 2 aromatic rings. The Balaban J connectivity index is 1.88. The van der Waals surface area contributed by atoms with Crippen molar-refractivity contribution in [3.05, 3.63) is 23.1 Å². The predicted octanol–water partition coefficient (Wildman–Crippen LogP) is 3.32. The first-order valence-corrected chi connectivity index (χ1v) is 7.75. The van der Waals surface area contributed by atoms with Gasteiger partial charge in [0, 0.05) is 26.5 Å². The largest absolute Gasteiger partial charge is 0.421 e. The van der Waals surface area contributed by atoms with Gasteiger partial charge < -0.3 is 10.6 Å². The third-order valence-electron chi connectivity index (χ3n) is 3.84. The Kier molecular flexibility index (Phi) is 4.31. The summed E-state index contributed by atoms with van der Waals surface area (Å²) in [6.07, 6.45) is 1.16. The minimum Gasteiger partial charge on any atom is -0.372 e. The first-order valence-electron chi connectivity index (χ1n) is 7.37. The lowest BCUT2D eigenvalue weighted by Gasteiger charge is -2.13. The van der Waals surface area contributed by atoms with E-state index in [4.69, 9.17) is 11.6 Å². The highest BCUT2D eigenvalue weighted by atomic mass is 35.5. The Hall–Kier alpha value is -2.36. The number of rotatable bonds is 5. The molecule has 0 amide bonds. The highest BCUT2D eigenvalue weighted by Crippen LogP contribution is 2.44. The number of anilines is 3. The molecule has 2 N–H and O–H groups in total. The van der Waals surface area contributed by atoms with E-state index in [1.165, 1.54) is 13.2 Å². The molecular weight excluding hydrogens is 359 g/mol. The number of nitrogens with zero attached hydrogens (tertiary/aromatic N) is 5. The second-order valence-electron chi connectivity index (χ2n) is 5.58. The third-order valence-corrected chi connectivity index (χ3v) is 4.21. The molecule has 0 bridgehead atoms. The quantitative estimate of drug-likeness (QED) is 0.786. The van der Waals surface area contributed by atoms with Gasteiger partial charge >= 0.3 is 6.18 Å². The zero-order valence-corrected chi connectivity index (χ0v) is 14.2. The molecule has 134 valence electrons. The molecule has 7 nitrogen and oxygen atoms in total. The Morgan fingerprint density at radius 3 is 2.64 bits per heavy atom. The summed E-state index contributed by atoms with van der Waals surface area (Å²) >= 11 is 6.34. The van der Waals surface area contributed by atoms with Crippen LogP contribution in [0, 0.1) is 0 Å². The van der Waals surface area contributed by atoms with Crippen LogP contribution in [0.2, 0.25) is 5.15 Å². The second kappa shape index (κ2) is 6.17. The summed E-state index contributed by atoms with van der Waals surface area (Å²) in [7, 11) is 3.03. The molecular formula is C14H15ClF3N7. The van der Waals surface area contributed by atoms with Gasteiger partial charge in [-0.25, -0.2) is 9.67 Å². The fourth-order valence-electron chi connectivity index (χ4n) is 2.45. The second-order valence-corrected chi connectivity index (χ2v) is 5.94. The standard InChI is InChI=1S/C14H15ClF3N7/c1-19-7-13(3-4-13)25-10(15)9(6-22-25)23-12-21-5-8(14(16,17)18)11(20-2)24-12/h5-7H,3-4H2,1-2H3,(H2,20,21,23,24)/b19-7-. The van der Waals surface area contributed by atoms with Crippen LogP contribution < -0.4 is 10.6 Å². The summed E-state index contributed by atoms with van der Waals surface area (Å²) in [6.45, 7) is 0. The van der Waals surface area contributed by atoms with Crippen molar-refractivity contribution in [2.24, 2.45) is 4.99 Å². The summed E-state index contributed by atoms with van der Waals surface area (Å²) in [4.78, 5) is 11.6. The first kappa shape index (κ1) is 17.5. The van der Waals surface area contributed by atoms with E-state index < -0.39 is 11.7 Å². The lowest BCUT2D eigenvalue weighted by atomic mass is 10.3. The zero-order valence-electron chi connectivity index (χ0n) is 13.4. The Bertz CT molecular complexity index is 811. The summed E-state index contributed by atoms with van der Waals surface area (Å²) < 4.78 is 40.3. The molecule has 1 saturated carbocycles. The fourth-order valence-corrected chi connectivity index (χ4v) is 2.76. The van der Waals surface area contributed by atoms with Gasteiger partial charge in [0.1, 0.15) is 11.4 Å². The molecule has 11 heteroatoms. The Morgan fingerprint density at radius 2 is 2.08 bits per heavy atom. The monoisotopic (exact) mass is 373 g/mol. The number of aromatic nitrogens is 4. The lowest BCUT2D eigenvalue weighted by molar-refractivity contribution is -0.137. The van der Waals surface area contributed by atoms with Crippen molar-refractivity contribution in [2.45, 2.75) is 24.6 Å². The van der Waals surface area contributed by atoms with Gasteiger partial charge in [0.25, 0.3) is 0 Å². The number of hydrogen-bond acceptors (Lipinski definition) is 6. The van der Waals surface area contributed by atoms with Gasteiger partial charge in [-0.05, 0) is 12.8 Å². The van der Waals surface area contributed by atoms with Gasteiger partial charge in [-0.15, -0.1) is 0 Å². The fraction of sp³-hybridized carbons (Fsp3) is 0.429. The van der Waals surface area contributed by atoms with Gasteiger partial charge in [-0.2, -0.15) is 23.3 Å². The van der Waals surface area contributed by atoms with Crippen molar-refractivity contribution < 1.29 is 13.2 Å². The van der Waals surface area contributed by atoms with E-state index in [1.807, 2.05) is 0 Å². The molecule has 2 aromatic heterocycles. The molecule has 2 heterocycles. The Morgan fingerprint density at radius 1 is 1.36 bits per heavy atom. The van der Waals surface area contributed by atoms with E-state index in [0.29, 0.717) is 17.0 Å². The van der Waals surface area contributed by atoms with E-state index >= 15 is 0 Å². The zero-order chi connectivity index (χ0) is 18.2. The number of alkyl halides is 3. The molecule has 0 saturated heterocycles. The van der Waals surface area contributed by atoms with Gasteiger partial charge in [-0.3, -0.25) is 4.99 Å². The Labute approximate surface area is 146 Å². The predicted molar refractivity (Wildman–Crippen MR) is 88.7 cm³/mol. The van der Waals surface area contributed by atoms with Gasteiger partial charge in [-0.1, -0.05) is 11.6 Å². The van der Waals surface area contributed by atoms with Crippen LogP contribution in [0.4, 0.5) is 30.6 Å². The summed E-state index contributed by atoms with van der Waals surface area (Å²) in [5, 5.41) is 9.77. The minimum atomic E-state index is -4.54. The molecule has 0 atom stereocenters. The van der Waals surface area contributed by atoms with Crippen LogP contribution in [0.15, 0.2) is 17.4 Å². The van der Waals surface area contributed by atoms with Crippen LogP contribution in [0.3, 0.4) is 0 Å². The maximum Gasteiger partial charge on any atom is 0.421 e. The van der Waals surface area contributed by atoms with Crippen molar-refractivity contribution in [2.75, 3.05) is 24.7 Å². The maximum absolute atomic E-state index is 12.9. The molecule has 1 fully saturated rings. The molecule has 0 aromatic carbocycles. The van der Waals surface area contributed by atoms with Crippen molar-refractivity contribution >= 4 is 35.3 Å². The van der Waals surface area contributed by atoms with E-state index in [-0.39, 0.29) is 17.3 Å². The number of nitrogens with one attached hydrogen (secondary N) is 2. The third kappa shape index (κ3) is 3.26. The van der Waals surface area contributed by atoms with Crippen LogP contribution in [-0.2, 0) is 11.7 Å². The summed E-state index contributed by atoms with van der Waals surface area (Å²) in [5.41, 5.74) is -0.874. The molecule has 1 aliphatic rings. The van der Waals surface area contributed by atoms with Gasteiger partial charge in [0.2, 0.25) is 5.95 Å². The van der Waals surface area contributed by atoms with Crippen molar-refractivity contribution in [3.8, 4) is 0 Å². The van der Waals surface area contributed by atoms with Crippen molar-refractivity contribution in [1.82, 2.24) is 19.7 Å². The molecule has 3 rings (SSSR count). The number of hydrogen-bond donors (Lipinski definition) is 2. The van der Waals surface area contributed by atoms with Crippen LogP contribution in [0.1, 0.15) is 18.4 Å². The van der Waals surface area contributed by atoms with E-state index in [1.54, 1.807) is 17.9 Å². The van der Waals surface area contributed by atoms with E-state index in [9.17, 15) is 13.2 Å². The van der Waals surface area contributed by atoms with Crippen LogP contribution in [0.25, 0.3) is 0 Å². The van der Waals surface area contributed by atoms with Gasteiger partial charge in [0.15, 0.2) is 5.15 Å². The molecule has 25 heavy (non-hydrogen) atoms. The molecule has 0 radical (unpaired) electrons.